The van der Waals surface area contributed by atoms with E-state index in [0.717, 1.165) is 0 Å². The average Bonchev–Trinajstić information content (AvgIpc) is 3.05. The zero-order chi connectivity index (χ0) is 17.6. The van der Waals surface area contributed by atoms with Crippen molar-refractivity contribution in [1.29, 1.82) is 0 Å². The predicted molar refractivity (Wildman–Crippen MR) is 90.2 cm³/mol. The number of para-hydroxylation sites is 1. The van der Waals surface area contributed by atoms with Crippen molar-refractivity contribution in [3.8, 4) is 0 Å². The molecule has 0 aliphatic carbocycles. The molecule has 2 aliphatic rings. The number of anilines is 1. The van der Waals surface area contributed by atoms with Crippen LogP contribution in [0.1, 0.15) is 10.4 Å². The van der Waals surface area contributed by atoms with Crippen molar-refractivity contribution >= 4 is 55.4 Å². The first-order valence-corrected chi connectivity index (χ1v) is 8.48. The molecule has 126 valence electrons. The van der Waals surface area contributed by atoms with Crippen LogP contribution < -0.4 is 5.32 Å². The first-order valence-electron chi connectivity index (χ1n) is 6.89. The molecule has 4 atom stereocenters. The maximum atomic E-state index is 12.6. The molecule has 0 spiro atoms. The maximum Gasteiger partial charge on any atom is 0.337 e. The highest BCUT2D eigenvalue weighted by molar-refractivity contribution is 9.14. The van der Waals surface area contributed by atoms with E-state index in [4.69, 9.17) is 4.74 Å². The Morgan fingerprint density at radius 1 is 1.00 bits per heavy atom. The number of amides is 1. The van der Waals surface area contributed by atoms with Gasteiger partial charge in [0, 0.05) is 8.96 Å². The summed E-state index contributed by atoms with van der Waals surface area (Å²) in [4.78, 5) is 35.4. The molecule has 9 heteroatoms. The molecule has 2 aliphatic heterocycles. The van der Waals surface area contributed by atoms with E-state index >= 15 is 0 Å². The SMILES string of the molecule is O=C(O)c1ccccc1NC(=O)[C@@H]1[C@@H](C(=O)O)[C@H]2O[C@H]1C(Br)=C2Br. The number of fused-ring (bicyclic) bond motifs is 2. The lowest BCUT2D eigenvalue weighted by Crippen LogP contribution is -2.41. The second-order valence-corrected chi connectivity index (χ2v) is 7.11. The van der Waals surface area contributed by atoms with Gasteiger partial charge in [0.15, 0.2) is 0 Å². The van der Waals surface area contributed by atoms with E-state index in [2.05, 4.69) is 37.2 Å². The third kappa shape index (κ3) is 2.66. The number of benzene rings is 1. The van der Waals surface area contributed by atoms with Crippen molar-refractivity contribution in [1.82, 2.24) is 0 Å². The Balaban J connectivity index is 1.91. The fourth-order valence-electron chi connectivity index (χ4n) is 2.99. The lowest BCUT2D eigenvalue weighted by molar-refractivity contribution is -0.146. The Labute approximate surface area is 152 Å². The minimum absolute atomic E-state index is 0.0717. The number of carbonyl (C=O) groups excluding carboxylic acids is 1. The van der Waals surface area contributed by atoms with Crippen molar-refractivity contribution in [3.63, 3.8) is 0 Å². The van der Waals surface area contributed by atoms with Crippen molar-refractivity contribution in [2.75, 3.05) is 5.32 Å². The van der Waals surface area contributed by atoms with Crippen molar-refractivity contribution in [2.24, 2.45) is 11.8 Å². The number of carbonyl (C=O) groups is 3. The van der Waals surface area contributed by atoms with Crippen LogP contribution in [0.15, 0.2) is 33.2 Å². The summed E-state index contributed by atoms with van der Waals surface area (Å²) in [5, 5.41) is 21.1. The predicted octanol–water partition coefficient (Wildman–Crippen LogP) is 2.42. The zero-order valence-corrected chi connectivity index (χ0v) is 15.1. The van der Waals surface area contributed by atoms with Gasteiger partial charge in [-0.05, 0) is 12.1 Å². The number of ether oxygens (including phenoxy) is 1. The van der Waals surface area contributed by atoms with Crippen LogP contribution in [0.2, 0.25) is 0 Å². The summed E-state index contributed by atoms with van der Waals surface area (Å²) in [5.74, 6) is -4.95. The highest BCUT2D eigenvalue weighted by atomic mass is 79.9. The van der Waals surface area contributed by atoms with Crippen molar-refractivity contribution in [2.45, 2.75) is 12.2 Å². The fraction of sp³-hybridized carbons (Fsp3) is 0.267. The molecule has 3 N–H and O–H groups in total. The van der Waals surface area contributed by atoms with E-state index in [1.807, 2.05) is 0 Å². The number of nitrogens with one attached hydrogen (secondary N) is 1. The summed E-state index contributed by atoms with van der Waals surface area (Å²) in [6, 6.07) is 5.93. The molecule has 7 nitrogen and oxygen atoms in total. The summed E-state index contributed by atoms with van der Waals surface area (Å²) in [5.41, 5.74) is 0.0404. The fourth-order valence-corrected chi connectivity index (χ4v) is 4.23. The Kier molecular flexibility index (Phi) is 4.50. The highest BCUT2D eigenvalue weighted by Gasteiger charge is 2.58. The standard InChI is InChI=1S/C15H11Br2NO6/c16-9-10(17)12-8(15(22)23)7(11(9)24-12)13(19)18-6-4-2-1-3-5(6)14(20)21/h1-4,7-8,11-12H,(H,18,19)(H,20,21)(H,22,23)/t7-,8-,11-,12-/m1/s1. The van der Waals surface area contributed by atoms with Crippen LogP contribution in [0.4, 0.5) is 5.69 Å². The van der Waals surface area contributed by atoms with Crippen LogP contribution in [0.25, 0.3) is 0 Å². The smallest absolute Gasteiger partial charge is 0.337 e. The summed E-state index contributed by atoms with van der Waals surface area (Å²) in [6.07, 6.45) is -1.46. The molecule has 3 rings (SSSR count). The number of carboxylic acid groups (broad SMARTS) is 2. The first kappa shape index (κ1) is 17.1. The molecule has 1 amide bonds. The molecule has 2 heterocycles. The van der Waals surface area contributed by atoms with Gasteiger partial charge in [-0.15, -0.1) is 0 Å². The van der Waals surface area contributed by atoms with Crippen LogP contribution in [-0.4, -0.2) is 40.3 Å². The van der Waals surface area contributed by atoms with Crippen LogP contribution in [-0.2, 0) is 14.3 Å². The van der Waals surface area contributed by atoms with Gasteiger partial charge >= 0.3 is 11.9 Å². The van der Waals surface area contributed by atoms with E-state index in [9.17, 15) is 24.6 Å². The first-order chi connectivity index (χ1) is 11.3. The number of halogens is 2. The summed E-state index contributed by atoms with van der Waals surface area (Å²) in [6.45, 7) is 0. The monoisotopic (exact) mass is 459 g/mol. The Hall–Kier alpha value is -1.71. The molecule has 0 radical (unpaired) electrons. The van der Waals surface area contributed by atoms with Crippen LogP contribution in [0, 0.1) is 11.8 Å². The van der Waals surface area contributed by atoms with E-state index in [0.29, 0.717) is 8.96 Å². The normalized spacial score (nSPS) is 28.1. The van der Waals surface area contributed by atoms with Gasteiger partial charge in [-0.25, -0.2) is 4.79 Å². The Morgan fingerprint density at radius 2 is 1.58 bits per heavy atom. The number of hydrogen-bond acceptors (Lipinski definition) is 4. The summed E-state index contributed by atoms with van der Waals surface area (Å²) < 4.78 is 6.77. The molecule has 24 heavy (non-hydrogen) atoms. The Morgan fingerprint density at radius 3 is 2.17 bits per heavy atom. The molecule has 1 saturated heterocycles. The van der Waals surface area contributed by atoms with Gasteiger partial charge in [0.1, 0.15) is 18.1 Å². The minimum atomic E-state index is -1.19. The molecule has 2 bridgehead atoms. The largest absolute Gasteiger partial charge is 0.481 e. The van der Waals surface area contributed by atoms with Gasteiger partial charge in [-0.1, -0.05) is 44.0 Å². The molecule has 0 saturated carbocycles. The van der Waals surface area contributed by atoms with Crippen molar-refractivity contribution in [3.05, 3.63) is 38.8 Å². The van der Waals surface area contributed by atoms with Crippen LogP contribution >= 0.6 is 31.9 Å². The second-order valence-electron chi connectivity index (χ2n) is 5.40. The molecule has 1 aromatic rings. The number of carboxylic acids is 2. The topological polar surface area (TPSA) is 113 Å². The molecular weight excluding hydrogens is 450 g/mol. The lowest BCUT2D eigenvalue weighted by Gasteiger charge is -2.24. The Bertz CT molecular complexity index is 777. The number of aliphatic carboxylic acids is 1. The number of hydrogen-bond donors (Lipinski definition) is 3. The number of rotatable bonds is 4. The summed E-state index contributed by atoms with van der Waals surface area (Å²) in [7, 11) is 0. The third-order valence-corrected chi connectivity index (χ3v) is 6.35. The summed E-state index contributed by atoms with van der Waals surface area (Å²) >= 11 is 6.59. The van der Waals surface area contributed by atoms with Crippen LogP contribution in [0.5, 0.6) is 0 Å². The molecule has 0 unspecified atom stereocenters. The van der Waals surface area contributed by atoms with Gasteiger partial charge in [0.2, 0.25) is 5.91 Å². The number of aromatic carboxylic acids is 1. The zero-order valence-electron chi connectivity index (χ0n) is 11.9. The van der Waals surface area contributed by atoms with E-state index < -0.39 is 41.9 Å². The average molecular weight is 461 g/mol. The second kappa shape index (κ2) is 6.30. The molecule has 1 fully saturated rings. The third-order valence-electron chi connectivity index (χ3n) is 4.06. The van der Waals surface area contributed by atoms with E-state index in [1.165, 1.54) is 18.2 Å². The maximum absolute atomic E-state index is 12.6. The molecule has 1 aromatic carbocycles. The van der Waals surface area contributed by atoms with Gasteiger partial charge in [0.05, 0.1) is 17.2 Å². The highest BCUT2D eigenvalue weighted by Crippen LogP contribution is 2.51. The van der Waals surface area contributed by atoms with Gasteiger partial charge < -0.3 is 20.3 Å². The minimum Gasteiger partial charge on any atom is -0.481 e. The van der Waals surface area contributed by atoms with Crippen LogP contribution in [0.3, 0.4) is 0 Å². The van der Waals surface area contributed by atoms with Gasteiger partial charge in [0.25, 0.3) is 0 Å². The molecule has 0 aromatic heterocycles. The quantitative estimate of drug-likeness (QED) is 0.635. The van der Waals surface area contributed by atoms with Crippen molar-refractivity contribution < 1.29 is 29.3 Å². The molecular formula is C15H11Br2NO6. The van der Waals surface area contributed by atoms with Gasteiger partial charge in [-0.3, -0.25) is 9.59 Å². The van der Waals surface area contributed by atoms with E-state index in [-0.39, 0.29) is 11.3 Å². The lowest BCUT2D eigenvalue weighted by atomic mass is 9.82. The van der Waals surface area contributed by atoms with Gasteiger partial charge in [-0.2, -0.15) is 0 Å². The van der Waals surface area contributed by atoms with E-state index in [1.54, 1.807) is 6.07 Å².